The van der Waals surface area contributed by atoms with Crippen molar-refractivity contribution in [3.8, 4) is 0 Å². The van der Waals surface area contributed by atoms with E-state index < -0.39 is 29.7 Å². The number of ether oxygens (including phenoxy) is 1. The molecule has 2 atom stereocenters. The van der Waals surface area contributed by atoms with Crippen LogP contribution in [0.15, 0.2) is 24.5 Å². The normalized spacial score (nSPS) is 23.7. The van der Waals surface area contributed by atoms with Crippen LogP contribution >= 0.6 is 0 Å². The minimum atomic E-state index is -5.08. The summed E-state index contributed by atoms with van der Waals surface area (Å²) in [6, 6.07) is 4.03. The molecular formula is C20H23F6N3O7. The summed E-state index contributed by atoms with van der Waals surface area (Å²) in [5.41, 5.74) is 0.760. The van der Waals surface area contributed by atoms with Gasteiger partial charge in [0.25, 0.3) is 5.91 Å². The van der Waals surface area contributed by atoms with E-state index in [9.17, 15) is 31.1 Å². The molecule has 3 aliphatic heterocycles. The van der Waals surface area contributed by atoms with Gasteiger partial charge in [-0.25, -0.2) is 14.7 Å². The maximum absolute atomic E-state index is 12.9. The van der Waals surface area contributed by atoms with Crippen LogP contribution in [-0.2, 0) is 30.5 Å². The van der Waals surface area contributed by atoms with Crippen LogP contribution in [0.1, 0.15) is 12.0 Å². The summed E-state index contributed by atoms with van der Waals surface area (Å²) in [7, 11) is 0. The number of aromatic nitrogens is 1. The Morgan fingerprint density at radius 3 is 2.19 bits per heavy atom. The van der Waals surface area contributed by atoms with Crippen LogP contribution < -0.4 is 0 Å². The van der Waals surface area contributed by atoms with E-state index >= 15 is 0 Å². The molecule has 10 nitrogen and oxygen atoms in total. The topological polar surface area (TPSA) is 130 Å². The van der Waals surface area contributed by atoms with Crippen molar-refractivity contribution in [2.45, 2.75) is 25.3 Å². The van der Waals surface area contributed by atoms with Crippen molar-refractivity contribution >= 4 is 17.8 Å². The number of hydroxylamine groups is 2. The Kier molecular flexibility index (Phi) is 9.62. The smallest absolute Gasteiger partial charge is 0.475 e. The average molecular weight is 531 g/mol. The Morgan fingerprint density at radius 2 is 1.72 bits per heavy atom. The second kappa shape index (κ2) is 11.8. The maximum atomic E-state index is 12.9. The van der Waals surface area contributed by atoms with Crippen LogP contribution in [0.2, 0.25) is 0 Å². The zero-order chi connectivity index (χ0) is 27.1. The zero-order valence-corrected chi connectivity index (χ0v) is 18.6. The molecule has 0 unspecified atom stereocenters. The molecule has 0 bridgehead atoms. The number of hydrogen-bond donors (Lipinski definition) is 2. The van der Waals surface area contributed by atoms with Gasteiger partial charge >= 0.3 is 24.3 Å². The summed E-state index contributed by atoms with van der Waals surface area (Å²) in [5.74, 6) is -5.14. The van der Waals surface area contributed by atoms with Crippen molar-refractivity contribution in [1.29, 1.82) is 0 Å². The highest BCUT2D eigenvalue weighted by atomic mass is 19.4. The van der Waals surface area contributed by atoms with Gasteiger partial charge in [0.1, 0.15) is 0 Å². The third-order valence-electron chi connectivity index (χ3n) is 5.46. The Morgan fingerprint density at radius 1 is 1.11 bits per heavy atom. The lowest BCUT2D eigenvalue weighted by molar-refractivity contribution is -0.193. The fourth-order valence-corrected chi connectivity index (χ4v) is 3.87. The molecule has 4 rings (SSSR count). The number of halogens is 6. The molecular weight excluding hydrogens is 508 g/mol. The number of carbonyl (C=O) groups is 3. The van der Waals surface area contributed by atoms with Gasteiger partial charge in [0.05, 0.1) is 31.8 Å². The fourth-order valence-electron chi connectivity index (χ4n) is 3.87. The number of amides is 1. The van der Waals surface area contributed by atoms with Crippen molar-refractivity contribution < 1.29 is 60.5 Å². The Balaban J connectivity index is 0.000000271. The molecule has 0 aromatic carbocycles. The average Bonchev–Trinajstić information content (AvgIpc) is 3.50. The highest BCUT2D eigenvalue weighted by Crippen LogP contribution is 2.43. The van der Waals surface area contributed by atoms with Crippen LogP contribution in [0.3, 0.4) is 0 Å². The largest absolute Gasteiger partial charge is 0.490 e. The van der Waals surface area contributed by atoms with Crippen LogP contribution in [0.5, 0.6) is 0 Å². The van der Waals surface area contributed by atoms with Crippen molar-refractivity contribution in [3.05, 3.63) is 30.1 Å². The molecule has 1 aromatic rings. The first kappa shape index (κ1) is 29.3. The number of hydrogen-bond acceptors (Lipinski definition) is 7. The van der Waals surface area contributed by atoms with Crippen molar-refractivity contribution in [3.63, 3.8) is 0 Å². The minimum Gasteiger partial charge on any atom is -0.475 e. The molecule has 4 heterocycles. The van der Waals surface area contributed by atoms with Gasteiger partial charge in [-0.05, 0) is 18.1 Å². The summed E-state index contributed by atoms with van der Waals surface area (Å²) in [5, 5.41) is 15.8. The molecule has 2 N–H and O–H groups in total. The Bertz CT molecular complexity index is 885. The van der Waals surface area contributed by atoms with Gasteiger partial charge in [-0.1, -0.05) is 6.07 Å². The van der Waals surface area contributed by atoms with Gasteiger partial charge < -0.3 is 14.9 Å². The molecule has 3 saturated heterocycles. The summed E-state index contributed by atoms with van der Waals surface area (Å²) < 4.78 is 69.1. The summed E-state index contributed by atoms with van der Waals surface area (Å²) in [6.45, 7) is 5.01. The fraction of sp³-hybridized carbons (Fsp3) is 0.600. The third-order valence-corrected chi connectivity index (χ3v) is 5.46. The molecule has 3 fully saturated rings. The second-order valence-electron chi connectivity index (χ2n) is 8.10. The molecule has 1 amide bonds. The molecule has 0 spiro atoms. The van der Waals surface area contributed by atoms with E-state index in [0.29, 0.717) is 26.4 Å². The van der Waals surface area contributed by atoms with Crippen LogP contribution in [0.25, 0.3) is 0 Å². The van der Waals surface area contributed by atoms with Crippen LogP contribution in [0, 0.1) is 11.3 Å². The molecule has 3 aliphatic rings. The molecule has 0 saturated carbocycles. The van der Waals surface area contributed by atoms with Crippen molar-refractivity contribution in [1.82, 2.24) is 14.9 Å². The van der Waals surface area contributed by atoms with Crippen molar-refractivity contribution in [2.24, 2.45) is 11.3 Å². The number of carbonyl (C=O) groups excluding carboxylic acids is 1. The van der Waals surface area contributed by atoms with E-state index in [1.165, 1.54) is 5.56 Å². The standard InChI is InChI=1S/C16H21N3O3.2C2HF3O2/c20-15(19-5-2-6-22-19)16-11-18(9-14(16)10-21-12-16)8-13-3-1-4-17-7-13;2*3-2(4,5)1(6)7/h1,3-4,7,14H,2,5-6,8-12H2;2*(H,6,7)/t14-,16-;;/m1../s1. The number of aliphatic carboxylic acids is 2. The highest BCUT2D eigenvalue weighted by Gasteiger charge is 2.57. The first-order valence-corrected chi connectivity index (χ1v) is 10.4. The SMILES string of the molecule is O=C(N1CCCO1)[C@]12COC[C@H]1CN(Cc1cccnc1)C2.O=C(O)C(F)(F)F.O=C(O)C(F)(F)F. The molecule has 202 valence electrons. The molecule has 36 heavy (non-hydrogen) atoms. The van der Waals surface area contributed by atoms with Gasteiger partial charge in [0, 0.05) is 37.9 Å². The maximum Gasteiger partial charge on any atom is 0.490 e. The Hall–Kier alpha value is -2.98. The predicted octanol–water partition coefficient (Wildman–Crippen LogP) is 1.96. The van der Waals surface area contributed by atoms with Crippen LogP contribution in [-0.4, -0.2) is 94.8 Å². The zero-order valence-electron chi connectivity index (χ0n) is 18.6. The lowest BCUT2D eigenvalue weighted by Gasteiger charge is -2.29. The third kappa shape index (κ3) is 7.76. The van der Waals surface area contributed by atoms with E-state index in [1.54, 1.807) is 11.3 Å². The first-order valence-electron chi connectivity index (χ1n) is 10.4. The number of likely N-dealkylation sites (tertiary alicyclic amines) is 1. The summed E-state index contributed by atoms with van der Waals surface area (Å²) in [6.07, 6.45) is -5.57. The summed E-state index contributed by atoms with van der Waals surface area (Å²) >= 11 is 0. The Labute approximate surface area is 200 Å². The number of alkyl halides is 6. The summed E-state index contributed by atoms with van der Waals surface area (Å²) in [4.78, 5) is 42.7. The molecule has 1 aromatic heterocycles. The lowest BCUT2D eigenvalue weighted by Crippen LogP contribution is -2.47. The second-order valence-corrected chi connectivity index (χ2v) is 8.10. The molecule has 16 heteroatoms. The monoisotopic (exact) mass is 531 g/mol. The van der Waals surface area contributed by atoms with Crippen LogP contribution in [0.4, 0.5) is 26.3 Å². The molecule has 0 aliphatic carbocycles. The van der Waals surface area contributed by atoms with E-state index in [1.807, 2.05) is 12.3 Å². The first-order chi connectivity index (χ1) is 16.7. The number of nitrogens with zero attached hydrogens (tertiary/aromatic N) is 3. The number of fused-ring (bicyclic) bond motifs is 1. The van der Waals surface area contributed by atoms with Gasteiger partial charge in [0.2, 0.25) is 0 Å². The van der Waals surface area contributed by atoms with Gasteiger partial charge in [-0.15, -0.1) is 0 Å². The minimum absolute atomic E-state index is 0.112. The predicted molar refractivity (Wildman–Crippen MR) is 106 cm³/mol. The van der Waals surface area contributed by atoms with E-state index in [2.05, 4.69) is 16.0 Å². The van der Waals surface area contributed by atoms with E-state index in [0.717, 1.165) is 26.1 Å². The quantitative estimate of drug-likeness (QED) is 0.563. The van der Waals surface area contributed by atoms with Gasteiger partial charge in [-0.2, -0.15) is 26.3 Å². The van der Waals surface area contributed by atoms with Crippen molar-refractivity contribution in [2.75, 3.05) is 39.5 Å². The van der Waals surface area contributed by atoms with Gasteiger partial charge in [-0.3, -0.25) is 19.5 Å². The number of pyridine rings is 1. The number of carboxylic acid groups (broad SMARTS) is 2. The lowest BCUT2D eigenvalue weighted by atomic mass is 9.80. The van der Waals surface area contributed by atoms with E-state index in [4.69, 9.17) is 29.4 Å². The highest BCUT2D eigenvalue weighted by molar-refractivity contribution is 5.83. The van der Waals surface area contributed by atoms with Gasteiger partial charge in [0.15, 0.2) is 0 Å². The van der Waals surface area contributed by atoms with E-state index in [-0.39, 0.29) is 11.8 Å². The molecule has 0 radical (unpaired) electrons. The number of rotatable bonds is 3. The number of carboxylic acids is 2.